The van der Waals surface area contributed by atoms with Gasteiger partial charge in [-0.2, -0.15) is 5.10 Å². The number of carbonyl (C=O) groups is 1. The maximum atomic E-state index is 12.9. The summed E-state index contributed by atoms with van der Waals surface area (Å²) < 4.78 is 3.80. The molecule has 1 atom stereocenters. The van der Waals surface area contributed by atoms with Crippen molar-refractivity contribution in [2.75, 3.05) is 13.2 Å². The smallest absolute Gasteiger partial charge is 0.242 e. The summed E-state index contributed by atoms with van der Waals surface area (Å²) in [6, 6.07) is 11.8. The molecule has 2 N–H and O–H groups in total. The van der Waals surface area contributed by atoms with E-state index in [-0.39, 0.29) is 12.5 Å². The number of aliphatic hydroxyl groups excluding tert-OH is 2. The van der Waals surface area contributed by atoms with Crippen LogP contribution in [0.2, 0.25) is 0 Å². The highest BCUT2D eigenvalue weighted by Gasteiger charge is 2.22. The van der Waals surface area contributed by atoms with Gasteiger partial charge in [0.15, 0.2) is 0 Å². The third kappa shape index (κ3) is 3.11. The Morgan fingerprint density at radius 1 is 1.23 bits per heavy atom. The van der Waals surface area contributed by atoms with Crippen LogP contribution >= 0.6 is 0 Å². The van der Waals surface area contributed by atoms with Crippen LogP contribution in [0.25, 0.3) is 10.9 Å². The third-order valence-corrected chi connectivity index (χ3v) is 4.89. The zero-order valence-corrected chi connectivity index (χ0v) is 14.5. The van der Waals surface area contributed by atoms with Gasteiger partial charge in [-0.1, -0.05) is 18.2 Å². The SMILES string of the molecule is O=C(Cn1ccc2ccccc21)N1CCCn2nc([C@@H](O)CO)cc2C1. The average Bonchev–Trinajstić information content (AvgIpc) is 3.19. The summed E-state index contributed by atoms with van der Waals surface area (Å²) in [5.74, 6) is 0.0604. The molecule has 0 bridgehead atoms. The molecule has 1 aromatic carbocycles. The zero-order valence-electron chi connectivity index (χ0n) is 14.5. The highest BCUT2D eigenvalue weighted by atomic mass is 16.3. The summed E-state index contributed by atoms with van der Waals surface area (Å²) in [5, 5.41) is 24.4. The topological polar surface area (TPSA) is 83.5 Å². The molecule has 26 heavy (non-hydrogen) atoms. The molecule has 0 saturated carbocycles. The van der Waals surface area contributed by atoms with Crippen molar-refractivity contribution < 1.29 is 15.0 Å². The van der Waals surface area contributed by atoms with Crippen molar-refractivity contribution in [2.45, 2.75) is 32.2 Å². The molecule has 2 aromatic heterocycles. The Labute approximate surface area is 151 Å². The molecule has 0 radical (unpaired) electrons. The normalized spacial score (nSPS) is 15.7. The number of aryl methyl sites for hydroxylation is 1. The number of hydrogen-bond donors (Lipinski definition) is 2. The van der Waals surface area contributed by atoms with Crippen molar-refractivity contribution in [1.29, 1.82) is 0 Å². The molecule has 4 rings (SSSR count). The van der Waals surface area contributed by atoms with Crippen molar-refractivity contribution in [3.05, 3.63) is 54.0 Å². The lowest BCUT2D eigenvalue weighted by molar-refractivity contribution is -0.132. The number of aromatic nitrogens is 3. The number of carbonyl (C=O) groups excluding carboxylic acids is 1. The molecule has 3 aromatic rings. The van der Waals surface area contributed by atoms with Gasteiger partial charge in [0.1, 0.15) is 12.6 Å². The van der Waals surface area contributed by atoms with E-state index in [2.05, 4.69) is 5.10 Å². The van der Waals surface area contributed by atoms with E-state index in [1.165, 1.54) is 0 Å². The second-order valence-corrected chi connectivity index (χ2v) is 6.65. The van der Waals surface area contributed by atoms with Crippen molar-refractivity contribution in [3.63, 3.8) is 0 Å². The quantitative estimate of drug-likeness (QED) is 0.740. The summed E-state index contributed by atoms with van der Waals surface area (Å²) in [7, 11) is 0. The highest BCUT2D eigenvalue weighted by Crippen LogP contribution is 2.19. The number of benzene rings is 1. The van der Waals surface area contributed by atoms with Crippen LogP contribution in [0.1, 0.15) is 23.9 Å². The summed E-state index contributed by atoms with van der Waals surface area (Å²) in [5.41, 5.74) is 2.39. The Balaban J connectivity index is 1.52. The molecule has 1 aliphatic heterocycles. The van der Waals surface area contributed by atoms with E-state index in [9.17, 15) is 9.90 Å². The summed E-state index contributed by atoms with van der Waals surface area (Å²) >= 11 is 0. The van der Waals surface area contributed by atoms with Crippen LogP contribution in [-0.2, 0) is 24.4 Å². The largest absolute Gasteiger partial charge is 0.393 e. The van der Waals surface area contributed by atoms with E-state index in [1.54, 1.807) is 6.07 Å². The van der Waals surface area contributed by atoms with Gasteiger partial charge in [0.25, 0.3) is 0 Å². The van der Waals surface area contributed by atoms with E-state index in [0.717, 1.165) is 23.0 Å². The van der Waals surface area contributed by atoms with Gasteiger partial charge in [-0.25, -0.2) is 0 Å². The van der Waals surface area contributed by atoms with Gasteiger partial charge in [0, 0.05) is 24.8 Å². The van der Waals surface area contributed by atoms with Gasteiger partial charge in [0.05, 0.1) is 24.5 Å². The summed E-state index contributed by atoms with van der Waals surface area (Å²) in [6.45, 7) is 1.78. The van der Waals surface area contributed by atoms with Crippen LogP contribution in [0.3, 0.4) is 0 Å². The molecule has 3 heterocycles. The summed E-state index contributed by atoms with van der Waals surface area (Å²) in [6.07, 6.45) is 1.77. The molecular formula is C19H22N4O3. The summed E-state index contributed by atoms with van der Waals surface area (Å²) in [4.78, 5) is 14.7. The minimum absolute atomic E-state index is 0.0604. The maximum absolute atomic E-state index is 12.9. The molecule has 7 heteroatoms. The first kappa shape index (κ1) is 16.8. The predicted octanol–water partition coefficient (Wildman–Crippen LogP) is 1.30. The molecule has 1 amide bonds. The van der Waals surface area contributed by atoms with Crippen molar-refractivity contribution in [3.8, 4) is 0 Å². The van der Waals surface area contributed by atoms with E-state index >= 15 is 0 Å². The number of hydrogen-bond acceptors (Lipinski definition) is 4. The second-order valence-electron chi connectivity index (χ2n) is 6.65. The van der Waals surface area contributed by atoms with E-state index in [4.69, 9.17) is 5.11 Å². The molecule has 0 saturated heterocycles. The molecule has 7 nitrogen and oxygen atoms in total. The minimum Gasteiger partial charge on any atom is -0.393 e. The lowest BCUT2D eigenvalue weighted by Crippen LogP contribution is -2.33. The van der Waals surface area contributed by atoms with E-state index < -0.39 is 6.10 Å². The van der Waals surface area contributed by atoms with E-state index in [1.807, 2.05) is 50.7 Å². The Kier molecular flexibility index (Phi) is 4.48. The van der Waals surface area contributed by atoms with Gasteiger partial charge in [-0.3, -0.25) is 9.48 Å². The number of aliphatic hydroxyl groups is 2. The van der Waals surface area contributed by atoms with Crippen LogP contribution in [0.15, 0.2) is 42.6 Å². The first-order valence-corrected chi connectivity index (χ1v) is 8.83. The van der Waals surface area contributed by atoms with Crippen LogP contribution in [0.4, 0.5) is 0 Å². The van der Waals surface area contributed by atoms with Gasteiger partial charge in [-0.05, 0) is 30.0 Å². The van der Waals surface area contributed by atoms with Gasteiger partial charge >= 0.3 is 0 Å². The number of fused-ring (bicyclic) bond motifs is 2. The van der Waals surface area contributed by atoms with Crippen LogP contribution in [0, 0.1) is 0 Å². The highest BCUT2D eigenvalue weighted by molar-refractivity contribution is 5.83. The Morgan fingerprint density at radius 2 is 2.08 bits per heavy atom. The predicted molar refractivity (Wildman–Crippen MR) is 96.2 cm³/mol. The van der Waals surface area contributed by atoms with Crippen LogP contribution in [0.5, 0.6) is 0 Å². The lowest BCUT2D eigenvalue weighted by atomic mass is 10.2. The zero-order chi connectivity index (χ0) is 18.1. The Morgan fingerprint density at radius 3 is 2.92 bits per heavy atom. The van der Waals surface area contributed by atoms with Gasteiger partial charge < -0.3 is 19.7 Å². The third-order valence-electron chi connectivity index (χ3n) is 4.89. The molecule has 1 aliphatic rings. The fraction of sp³-hybridized carbons (Fsp3) is 0.368. The standard InChI is InChI=1S/C19H22N4O3/c24-13-18(25)16-10-15-11-22(7-3-8-23(15)20-16)19(26)12-21-9-6-14-4-1-2-5-17(14)21/h1-2,4-6,9-10,18,24-25H,3,7-8,11-13H2/t18-/m0/s1. The number of rotatable bonds is 4. The number of para-hydroxylation sites is 1. The Bertz CT molecular complexity index is 930. The van der Waals surface area contributed by atoms with Gasteiger partial charge in [-0.15, -0.1) is 0 Å². The number of amides is 1. The molecule has 0 unspecified atom stereocenters. The Hall–Kier alpha value is -2.64. The van der Waals surface area contributed by atoms with Crippen LogP contribution in [-0.4, -0.2) is 48.5 Å². The van der Waals surface area contributed by atoms with Crippen LogP contribution < -0.4 is 0 Å². The minimum atomic E-state index is -0.982. The van der Waals surface area contributed by atoms with Gasteiger partial charge in [0.2, 0.25) is 5.91 Å². The molecule has 136 valence electrons. The first-order valence-electron chi connectivity index (χ1n) is 8.83. The number of nitrogens with zero attached hydrogens (tertiary/aromatic N) is 4. The second kappa shape index (κ2) is 6.93. The molecule has 0 aliphatic carbocycles. The maximum Gasteiger partial charge on any atom is 0.242 e. The van der Waals surface area contributed by atoms with Crippen molar-refractivity contribution >= 4 is 16.8 Å². The van der Waals surface area contributed by atoms with Crippen molar-refractivity contribution in [1.82, 2.24) is 19.2 Å². The average molecular weight is 354 g/mol. The van der Waals surface area contributed by atoms with E-state index in [0.29, 0.717) is 31.9 Å². The lowest BCUT2D eigenvalue weighted by Gasteiger charge is -2.20. The monoisotopic (exact) mass is 354 g/mol. The fourth-order valence-corrected chi connectivity index (χ4v) is 3.48. The molecule has 0 spiro atoms. The first-order chi connectivity index (χ1) is 12.7. The molecule has 0 fully saturated rings. The molecular weight excluding hydrogens is 332 g/mol. The van der Waals surface area contributed by atoms with Crippen molar-refractivity contribution in [2.24, 2.45) is 0 Å². The fourth-order valence-electron chi connectivity index (χ4n) is 3.48.